The van der Waals surface area contributed by atoms with Gasteiger partial charge in [0.25, 0.3) is 0 Å². The topological polar surface area (TPSA) is 67.3 Å². The van der Waals surface area contributed by atoms with Gasteiger partial charge < -0.3 is 19.3 Å². The third-order valence-corrected chi connectivity index (χ3v) is 5.79. The fourth-order valence-electron chi connectivity index (χ4n) is 4.12. The lowest BCUT2D eigenvalue weighted by Gasteiger charge is -2.34. The number of rotatable bonds is 7. The number of aromatic nitrogens is 1. The lowest BCUT2D eigenvalue weighted by Crippen LogP contribution is -2.45. The van der Waals surface area contributed by atoms with E-state index in [1.807, 2.05) is 36.4 Å². The van der Waals surface area contributed by atoms with Gasteiger partial charge in [-0.15, -0.1) is 0 Å². The molecule has 2 heterocycles. The number of methoxy groups -OCH3 is 3. The zero-order chi connectivity index (χ0) is 21.8. The van der Waals surface area contributed by atoms with Crippen molar-refractivity contribution in [3.8, 4) is 23.0 Å². The van der Waals surface area contributed by atoms with E-state index in [1.165, 1.54) is 0 Å². The van der Waals surface area contributed by atoms with Crippen LogP contribution in [0.1, 0.15) is 11.3 Å². The molecule has 0 saturated carbocycles. The number of ether oxygens (including phenoxy) is 3. The van der Waals surface area contributed by atoms with Crippen molar-refractivity contribution in [2.24, 2.45) is 0 Å². The van der Waals surface area contributed by atoms with Crippen molar-refractivity contribution < 1.29 is 19.3 Å². The van der Waals surface area contributed by atoms with E-state index in [2.05, 4.69) is 14.8 Å². The summed E-state index contributed by atoms with van der Waals surface area (Å²) in [6.45, 7) is 5.39. The van der Waals surface area contributed by atoms with E-state index in [0.717, 1.165) is 61.7 Å². The molecule has 1 aliphatic heterocycles. The minimum absolute atomic E-state index is 0.230. The normalized spacial score (nSPS) is 15.2. The number of phenols is 1. The van der Waals surface area contributed by atoms with Crippen molar-refractivity contribution in [2.45, 2.75) is 13.1 Å². The van der Waals surface area contributed by atoms with Gasteiger partial charge in [0.2, 0.25) is 5.75 Å². The van der Waals surface area contributed by atoms with Crippen molar-refractivity contribution in [2.75, 3.05) is 47.5 Å². The predicted octanol–water partition coefficient (Wildman–Crippen LogP) is 3.28. The fraction of sp³-hybridized carbons (Fsp3) is 0.375. The zero-order valence-electron chi connectivity index (χ0n) is 18.3. The Morgan fingerprint density at radius 2 is 1.52 bits per heavy atom. The van der Waals surface area contributed by atoms with Gasteiger partial charge in [-0.1, -0.05) is 24.3 Å². The molecule has 0 unspecified atom stereocenters. The number of nitrogens with zero attached hydrogens (tertiary/aromatic N) is 3. The van der Waals surface area contributed by atoms with E-state index in [0.29, 0.717) is 17.0 Å². The Bertz CT molecular complexity index is 1050. The molecule has 164 valence electrons. The molecule has 1 aliphatic rings. The smallest absolute Gasteiger partial charge is 0.203 e. The fourth-order valence-corrected chi connectivity index (χ4v) is 4.12. The highest BCUT2D eigenvalue weighted by atomic mass is 16.5. The molecule has 0 radical (unpaired) electrons. The summed E-state index contributed by atoms with van der Waals surface area (Å²) < 4.78 is 16.5. The SMILES string of the molecule is COc1ccc(CN2CCN(Cc3ccc4cccc(O)c4n3)CC2)c(OC)c1OC. The lowest BCUT2D eigenvalue weighted by molar-refractivity contribution is 0.120. The van der Waals surface area contributed by atoms with Gasteiger partial charge in [0, 0.05) is 50.2 Å². The van der Waals surface area contributed by atoms with Crippen molar-refractivity contribution in [1.82, 2.24) is 14.8 Å². The van der Waals surface area contributed by atoms with E-state index in [1.54, 1.807) is 27.4 Å². The van der Waals surface area contributed by atoms with E-state index in [9.17, 15) is 5.11 Å². The largest absolute Gasteiger partial charge is 0.506 e. The van der Waals surface area contributed by atoms with Crippen LogP contribution in [0.25, 0.3) is 10.9 Å². The van der Waals surface area contributed by atoms with Crippen LogP contribution in [-0.2, 0) is 13.1 Å². The first-order valence-corrected chi connectivity index (χ1v) is 10.4. The molecule has 0 aliphatic carbocycles. The van der Waals surface area contributed by atoms with Gasteiger partial charge in [0.05, 0.1) is 27.0 Å². The molecule has 2 aromatic carbocycles. The average Bonchev–Trinajstić information content (AvgIpc) is 2.80. The Hall–Kier alpha value is -3.03. The van der Waals surface area contributed by atoms with Gasteiger partial charge in [-0.3, -0.25) is 9.80 Å². The summed E-state index contributed by atoms with van der Waals surface area (Å²) in [5.74, 6) is 2.26. The third kappa shape index (κ3) is 4.52. The summed E-state index contributed by atoms with van der Waals surface area (Å²) in [7, 11) is 4.92. The molecule has 1 saturated heterocycles. The predicted molar refractivity (Wildman–Crippen MR) is 120 cm³/mol. The van der Waals surface area contributed by atoms with Crippen molar-refractivity contribution in [1.29, 1.82) is 0 Å². The lowest BCUT2D eigenvalue weighted by atomic mass is 10.1. The number of phenolic OH excluding ortho intramolecular Hbond substituents is 1. The van der Waals surface area contributed by atoms with Crippen LogP contribution in [-0.4, -0.2) is 67.4 Å². The summed E-state index contributed by atoms with van der Waals surface area (Å²) in [5, 5.41) is 11.0. The first-order chi connectivity index (χ1) is 15.1. The van der Waals surface area contributed by atoms with Gasteiger partial charge in [0.1, 0.15) is 11.3 Å². The van der Waals surface area contributed by atoms with E-state index < -0.39 is 0 Å². The molecule has 7 heteroatoms. The maximum Gasteiger partial charge on any atom is 0.203 e. The second kappa shape index (κ2) is 9.41. The molecule has 0 amide bonds. The minimum atomic E-state index is 0.230. The summed E-state index contributed by atoms with van der Waals surface area (Å²) in [6.07, 6.45) is 0. The standard InChI is InChI=1S/C24H29N3O4/c1-29-21-10-8-18(23(30-2)24(21)31-3)15-26-11-13-27(14-12-26)16-19-9-7-17-5-4-6-20(28)22(17)25-19/h4-10,28H,11-16H2,1-3H3. The van der Waals surface area contributed by atoms with E-state index >= 15 is 0 Å². The molecule has 1 aromatic heterocycles. The quantitative estimate of drug-likeness (QED) is 0.625. The molecule has 7 nitrogen and oxygen atoms in total. The van der Waals surface area contributed by atoms with Crippen LogP contribution < -0.4 is 14.2 Å². The Morgan fingerprint density at radius 1 is 0.806 bits per heavy atom. The van der Waals surface area contributed by atoms with Crippen LogP contribution in [0.3, 0.4) is 0 Å². The summed E-state index contributed by atoms with van der Waals surface area (Å²) >= 11 is 0. The van der Waals surface area contributed by atoms with E-state index in [4.69, 9.17) is 14.2 Å². The number of para-hydroxylation sites is 1. The highest BCUT2D eigenvalue weighted by Crippen LogP contribution is 2.40. The van der Waals surface area contributed by atoms with Crippen molar-refractivity contribution in [3.05, 3.63) is 53.7 Å². The number of aromatic hydroxyl groups is 1. The second-order valence-corrected chi connectivity index (χ2v) is 7.70. The van der Waals surface area contributed by atoms with Gasteiger partial charge in [0.15, 0.2) is 11.5 Å². The maximum atomic E-state index is 10.1. The number of hydrogen-bond acceptors (Lipinski definition) is 7. The van der Waals surface area contributed by atoms with Gasteiger partial charge in [-0.25, -0.2) is 4.98 Å². The first-order valence-electron chi connectivity index (χ1n) is 10.4. The summed E-state index contributed by atoms with van der Waals surface area (Å²) in [6, 6.07) is 13.5. The van der Waals surface area contributed by atoms with Crippen molar-refractivity contribution >= 4 is 10.9 Å². The van der Waals surface area contributed by atoms with Gasteiger partial charge >= 0.3 is 0 Å². The molecular formula is C24H29N3O4. The van der Waals surface area contributed by atoms with Crippen molar-refractivity contribution in [3.63, 3.8) is 0 Å². The molecule has 4 rings (SSSR count). The number of benzene rings is 2. The first kappa shape index (κ1) is 21.2. The van der Waals surface area contributed by atoms with Crippen LogP contribution in [0.4, 0.5) is 0 Å². The van der Waals surface area contributed by atoms with E-state index in [-0.39, 0.29) is 5.75 Å². The molecule has 0 spiro atoms. The van der Waals surface area contributed by atoms with Crippen LogP contribution in [0.2, 0.25) is 0 Å². The Kier molecular flexibility index (Phi) is 6.44. The Labute approximate surface area is 182 Å². The molecule has 0 bridgehead atoms. The highest BCUT2D eigenvalue weighted by Gasteiger charge is 2.21. The maximum absolute atomic E-state index is 10.1. The number of piperazine rings is 1. The minimum Gasteiger partial charge on any atom is -0.506 e. The number of fused-ring (bicyclic) bond motifs is 1. The van der Waals surface area contributed by atoms with Crippen LogP contribution in [0.5, 0.6) is 23.0 Å². The highest BCUT2D eigenvalue weighted by molar-refractivity contribution is 5.84. The Morgan fingerprint density at radius 3 is 2.19 bits per heavy atom. The van der Waals surface area contributed by atoms with Crippen LogP contribution in [0, 0.1) is 0 Å². The average molecular weight is 424 g/mol. The zero-order valence-corrected chi connectivity index (χ0v) is 18.3. The van der Waals surface area contributed by atoms with Gasteiger partial charge in [-0.05, 0) is 18.2 Å². The molecular weight excluding hydrogens is 394 g/mol. The molecule has 1 N–H and O–H groups in total. The number of pyridine rings is 1. The summed E-state index contributed by atoms with van der Waals surface area (Å²) in [4.78, 5) is 9.48. The molecule has 3 aromatic rings. The molecule has 0 atom stereocenters. The third-order valence-electron chi connectivity index (χ3n) is 5.79. The van der Waals surface area contributed by atoms with Crippen LogP contribution in [0.15, 0.2) is 42.5 Å². The molecule has 1 fully saturated rings. The monoisotopic (exact) mass is 423 g/mol. The molecule has 31 heavy (non-hydrogen) atoms. The number of hydrogen-bond donors (Lipinski definition) is 1. The van der Waals surface area contributed by atoms with Crippen LogP contribution >= 0.6 is 0 Å². The second-order valence-electron chi connectivity index (χ2n) is 7.70. The Balaban J connectivity index is 1.39. The summed E-state index contributed by atoms with van der Waals surface area (Å²) in [5.41, 5.74) is 2.73. The van der Waals surface area contributed by atoms with Gasteiger partial charge in [-0.2, -0.15) is 0 Å².